The Morgan fingerprint density at radius 1 is 1.41 bits per heavy atom. The number of hydrogen-bond acceptors (Lipinski definition) is 3. The topological polar surface area (TPSA) is 86.8 Å². The van der Waals surface area contributed by atoms with Crippen molar-refractivity contribution in [1.82, 2.24) is 4.90 Å². The third-order valence-electron chi connectivity index (χ3n) is 3.21. The first-order valence-electron chi connectivity index (χ1n) is 5.56. The number of β-amino-alcohol motifs (C(OH)–C–C–N with tert-alkyl or cyclic N) is 1. The van der Waals surface area contributed by atoms with Crippen LogP contribution in [0.3, 0.4) is 0 Å². The second kappa shape index (κ2) is 4.73. The maximum absolute atomic E-state index is 11.1. The van der Waals surface area contributed by atoms with Crippen LogP contribution in [0.15, 0.2) is 30.3 Å². The summed E-state index contributed by atoms with van der Waals surface area (Å²) in [4.78, 5) is 12.3. The highest BCUT2D eigenvalue weighted by Crippen LogP contribution is 2.21. The van der Waals surface area contributed by atoms with Gasteiger partial charge in [-0.1, -0.05) is 30.3 Å². The standard InChI is InChI=1S/C12H16N2O3/c13-11-9(6-8-4-2-1-3-5-8)14(12(16)17)7-10(11)15/h1-5,9-11,15H,6-7,13H2,(H,16,17). The smallest absolute Gasteiger partial charge is 0.407 e. The fourth-order valence-electron chi connectivity index (χ4n) is 2.24. The molecule has 3 atom stereocenters. The second-order valence-electron chi connectivity index (χ2n) is 4.34. The van der Waals surface area contributed by atoms with E-state index in [4.69, 9.17) is 10.8 Å². The molecular weight excluding hydrogens is 220 g/mol. The van der Waals surface area contributed by atoms with Crippen molar-refractivity contribution in [3.05, 3.63) is 35.9 Å². The number of carboxylic acid groups (broad SMARTS) is 1. The van der Waals surface area contributed by atoms with Gasteiger partial charge in [0.1, 0.15) is 0 Å². The van der Waals surface area contributed by atoms with Crippen LogP contribution in [-0.4, -0.2) is 45.9 Å². The molecule has 17 heavy (non-hydrogen) atoms. The normalized spacial score (nSPS) is 28.4. The molecule has 1 aromatic carbocycles. The van der Waals surface area contributed by atoms with E-state index in [1.165, 1.54) is 4.90 Å². The van der Waals surface area contributed by atoms with E-state index in [0.29, 0.717) is 6.42 Å². The Bertz CT molecular complexity index is 396. The first-order chi connectivity index (χ1) is 8.09. The minimum Gasteiger partial charge on any atom is -0.465 e. The quantitative estimate of drug-likeness (QED) is 0.688. The summed E-state index contributed by atoms with van der Waals surface area (Å²) in [6, 6.07) is 8.68. The number of aliphatic hydroxyl groups excluding tert-OH is 1. The molecule has 0 spiro atoms. The third-order valence-corrected chi connectivity index (χ3v) is 3.21. The van der Waals surface area contributed by atoms with Gasteiger partial charge in [-0.25, -0.2) is 4.79 Å². The van der Waals surface area contributed by atoms with Crippen LogP contribution < -0.4 is 5.73 Å². The molecule has 5 nitrogen and oxygen atoms in total. The van der Waals surface area contributed by atoms with Crippen molar-refractivity contribution in [3.63, 3.8) is 0 Å². The number of carbonyl (C=O) groups is 1. The minimum atomic E-state index is -1.03. The molecule has 2 rings (SSSR count). The van der Waals surface area contributed by atoms with Crippen molar-refractivity contribution in [2.24, 2.45) is 5.73 Å². The Morgan fingerprint density at radius 2 is 2.06 bits per heavy atom. The minimum absolute atomic E-state index is 0.0913. The first kappa shape index (κ1) is 11.9. The van der Waals surface area contributed by atoms with E-state index < -0.39 is 18.2 Å². The van der Waals surface area contributed by atoms with Gasteiger partial charge in [0.15, 0.2) is 0 Å². The lowest BCUT2D eigenvalue weighted by Crippen LogP contribution is -2.45. The summed E-state index contributed by atoms with van der Waals surface area (Å²) in [5.41, 5.74) is 6.87. The van der Waals surface area contributed by atoms with Crippen molar-refractivity contribution >= 4 is 6.09 Å². The van der Waals surface area contributed by atoms with Gasteiger partial charge in [0.2, 0.25) is 0 Å². The van der Waals surface area contributed by atoms with Crippen LogP contribution in [-0.2, 0) is 6.42 Å². The summed E-state index contributed by atoms with van der Waals surface area (Å²) in [5, 5.41) is 18.7. The Balaban J connectivity index is 2.15. The van der Waals surface area contributed by atoms with Gasteiger partial charge in [-0.3, -0.25) is 0 Å². The predicted octanol–water partition coefficient (Wildman–Crippen LogP) is 0.279. The zero-order valence-corrected chi connectivity index (χ0v) is 9.36. The average molecular weight is 236 g/mol. The second-order valence-corrected chi connectivity index (χ2v) is 4.34. The van der Waals surface area contributed by atoms with Gasteiger partial charge in [0.05, 0.1) is 24.7 Å². The molecule has 0 aromatic heterocycles. The highest BCUT2D eigenvalue weighted by atomic mass is 16.4. The largest absolute Gasteiger partial charge is 0.465 e. The van der Waals surface area contributed by atoms with Crippen LogP contribution in [0.4, 0.5) is 4.79 Å². The summed E-state index contributed by atoms with van der Waals surface area (Å²) in [7, 11) is 0. The van der Waals surface area contributed by atoms with Gasteiger partial charge in [0, 0.05) is 0 Å². The number of hydrogen-bond donors (Lipinski definition) is 3. The van der Waals surface area contributed by atoms with E-state index in [1.807, 2.05) is 30.3 Å². The van der Waals surface area contributed by atoms with Gasteiger partial charge in [-0.2, -0.15) is 0 Å². The zero-order chi connectivity index (χ0) is 12.4. The molecule has 5 heteroatoms. The molecule has 0 saturated carbocycles. The van der Waals surface area contributed by atoms with Crippen LogP contribution in [0.2, 0.25) is 0 Å². The van der Waals surface area contributed by atoms with Crippen molar-refractivity contribution in [2.75, 3.05) is 6.54 Å². The summed E-state index contributed by atoms with van der Waals surface area (Å²) in [6.45, 7) is 0.0913. The fraction of sp³-hybridized carbons (Fsp3) is 0.417. The Morgan fingerprint density at radius 3 is 2.65 bits per heavy atom. The highest BCUT2D eigenvalue weighted by Gasteiger charge is 2.41. The average Bonchev–Trinajstić information content (AvgIpc) is 2.59. The third kappa shape index (κ3) is 2.40. The highest BCUT2D eigenvalue weighted by molar-refractivity contribution is 5.66. The molecule has 1 aliphatic heterocycles. The SMILES string of the molecule is NC1C(O)CN(C(=O)O)C1Cc1ccccc1. The lowest BCUT2D eigenvalue weighted by molar-refractivity contribution is 0.131. The van der Waals surface area contributed by atoms with Crippen molar-refractivity contribution < 1.29 is 15.0 Å². The monoisotopic (exact) mass is 236 g/mol. The Labute approximate surface area is 99.5 Å². The summed E-state index contributed by atoms with van der Waals surface area (Å²) in [5.74, 6) is 0. The zero-order valence-electron chi connectivity index (χ0n) is 9.36. The maximum atomic E-state index is 11.1. The fourth-order valence-corrected chi connectivity index (χ4v) is 2.24. The van der Waals surface area contributed by atoms with Gasteiger partial charge in [0.25, 0.3) is 0 Å². The van der Waals surface area contributed by atoms with E-state index in [0.717, 1.165) is 5.56 Å². The lowest BCUT2D eigenvalue weighted by Gasteiger charge is -2.23. The van der Waals surface area contributed by atoms with Crippen LogP contribution in [0.1, 0.15) is 5.56 Å². The molecule has 1 heterocycles. The van der Waals surface area contributed by atoms with Gasteiger partial charge < -0.3 is 20.8 Å². The summed E-state index contributed by atoms with van der Waals surface area (Å²) >= 11 is 0. The number of likely N-dealkylation sites (tertiary alicyclic amines) is 1. The van der Waals surface area contributed by atoms with Gasteiger partial charge in [-0.15, -0.1) is 0 Å². The van der Waals surface area contributed by atoms with E-state index in [2.05, 4.69) is 0 Å². The number of amides is 1. The van der Waals surface area contributed by atoms with Gasteiger partial charge in [-0.05, 0) is 12.0 Å². The molecule has 0 aliphatic carbocycles. The van der Waals surface area contributed by atoms with Crippen molar-refractivity contribution in [1.29, 1.82) is 0 Å². The van der Waals surface area contributed by atoms with Crippen molar-refractivity contribution in [3.8, 4) is 0 Å². The van der Waals surface area contributed by atoms with Crippen LogP contribution in [0.5, 0.6) is 0 Å². The van der Waals surface area contributed by atoms with Crippen LogP contribution >= 0.6 is 0 Å². The van der Waals surface area contributed by atoms with Gasteiger partial charge >= 0.3 is 6.09 Å². The van der Waals surface area contributed by atoms with Crippen molar-refractivity contribution in [2.45, 2.75) is 24.6 Å². The molecule has 1 aliphatic rings. The molecule has 1 aromatic rings. The lowest BCUT2D eigenvalue weighted by atomic mass is 10.00. The molecule has 1 amide bonds. The summed E-state index contributed by atoms with van der Waals surface area (Å²) < 4.78 is 0. The van der Waals surface area contributed by atoms with Crippen LogP contribution in [0.25, 0.3) is 0 Å². The van der Waals surface area contributed by atoms with E-state index >= 15 is 0 Å². The number of aliphatic hydroxyl groups is 1. The number of nitrogens with zero attached hydrogens (tertiary/aromatic N) is 1. The molecule has 92 valence electrons. The molecule has 4 N–H and O–H groups in total. The Kier molecular flexibility index (Phi) is 3.31. The molecule has 1 saturated heterocycles. The molecule has 1 fully saturated rings. The molecule has 3 unspecified atom stereocenters. The maximum Gasteiger partial charge on any atom is 0.407 e. The first-order valence-corrected chi connectivity index (χ1v) is 5.56. The number of benzene rings is 1. The van der Waals surface area contributed by atoms with E-state index in [9.17, 15) is 9.90 Å². The van der Waals surface area contributed by atoms with Crippen LogP contribution in [0, 0.1) is 0 Å². The molecule has 0 radical (unpaired) electrons. The Hall–Kier alpha value is -1.59. The molecule has 0 bridgehead atoms. The predicted molar refractivity (Wildman–Crippen MR) is 62.6 cm³/mol. The van der Waals surface area contributed by atoms with E-state index in [1.54, 1.807) is 0 Å². The molecular formula is C12H16N2O3. The number of rotatable bonds is 2. The summed E-state index contributed by atoms with van der Waals surface area (Å²) in [6.07, 6.45) is -1.27. The van der Waals surface area contributed by atoms with E-state index in [-0.39, 0.29) is 12.6 Å². The number of nitrogens with two attached hydrogens (primary N) is 1.